The molecule has 0 radical (unpaired) electrons. The van der Waals surface area contributed by atoms with E-state index < -0.39 is 0 Å². The average Bonchev–Trinajstić information content (AvgIpc) is 3.25. The molecular weight excluding hydrogens is 709 g/mol. The highest BCUT2D eigenvalue weighted by molar-refractivity contribution is 6.13. The summed E-state index contributed by atoms with van der Waals surface area (Å²) in [6.07, 6.45) is 8.38. The van der Waals surface area contributed by atoms with Crippen LogP contribution in [0.3, 0.4) is 0 Å². The molecule has 0 amide bonds. The molecule has 0 unspecified atom stereocenters. The van der Waals surface area contributed by atoms with Crippen LogP contribution >= 0.6 is 0 Å². The van der Waals surface area contributed by atoms with Crippen LogP contribution in [0.15, 0.2) is 170 Å². The van der Waals surface area contributed by atoms with Crippen LogP contribution in [0.4, 0.5) is 11.4 Å². The molecule has 58 heavy (non-hydrogen) atoms. The van der Waals surface area contributed by atoms with Gasteiger partial charge in [0.2, 0.25) is 0 Å². The van der Waals surface area contributed by atoms with Gasteiger partial charge in [-0.2, -0.15) is 0 Å². The lowest BCUT2D eigenvalue weighted by Gasteiger charge is -2.18. The quantitative estimate of drug-likeness (QED) is 0.0782. The Labute approximate surface area is 344 Å². The first-order valence-electron chi connectivity index (χ1n) is 20.6. The number of fused-ring (bicyclic) bond motifs is 4. The fraction of sp³-hybridized carbons (Fsp3) is 0.185. The summed E-state index contributed by atoms with van der Waals surface area (Å²) in [5.41, 5.74) is 7.11. The van der Waals surface area contributed by atoms with E-state index in [9.17, 15) is 10.2 Å². The summed E-state index contributed by atoms with van der Waals surface area (Å²) >= 11 is 0. The van der Waals surface area contributed by atoms with E-state index in [0.717, 1.165) is 103 Å². The van der Waals surface area contributed by atoms with Crippen LogP contribution in [0.5, 0.6) is 11.5 Å². The topological polar surface area (TPSA) is 64.5 Å². The summed E-state index contributed by atoms with van der Waals surface area (Å²) in [7, 11) is 0. The number of phenolic OH excluding ortho intramolecular Hbond substituents is 2. The fourth-order valence-corrected chi connectivity index (χ4v) is 7.57. The third-order valence-electron chi connectivity index (χ3n) is 10.2. The second kappa shape index (κ2) is 20.1. The van der Waals surface area contributed by atoms with Crippen molar-refractivity contribution in [1.82, 2.24) is 0 Å². The van der Waals surface area contributed by atoms with Crippen molar-refractivity contribution in [3.8, 4) is 33.8 Å². The number of unbranched alkanes of at least 4 members (excludes halogenated alkanes) is 2. The molecule has 0 fully saturated rings. The summed E-state index contributed by atoms with van der Waals surface area (Å²) in [5, 5.41) is 38.6. The Hall–Kier alpha value is -6.52. The second-order valence-electron chi connectivity index (χ2n) is 14.7. The van der Waals surface area contributed by atoms with Crippen molar-refractivity contribution < 1.29 is 10.2 Å². The number of hydrogen-bond donors (Lipinski definition) is 4. The van der Waals surface area contributed by atoms with Crippen molar-refractivity contribution in [1.29, 1.82) is 0 Å². The van der Waals surface area contributed by atoms with Crippen molar-refractivity contribution >= 4 is 54.5 Å². The highest BCUT2D eigenvalue weighted by Crippen LogP contribution is 2.45. The van der Waals surface area contributed by atoms with Crippen molar-refractivity contribution in [2.24, 2.45) is 0 Å². The fourth-order valence-electron chi connectivity index (χ4n) is 7.57. The Balaban J connectivity index is 0.000000892. The van der Waals surface area contributed by atoms with Crippen LogP contribution in [0, 0.1) is 0 Å². The molecular formula is C54H56N2O2. The zero-order chi connectivity index (χ0) is 40.9. The molecule has 8 aromatic rings. The van der Waals surface area contributed by atoms with Gasteiger partial charge in [-0.25, -0.2) is 0 Å². The number of aromatic hydroxyl groups is 2. The van der Waals surface area contributed by atoms with Gasteiger partial charge in [0.15, 0.2) is 0 Å². The first-order valence-corrected chi connectivity index (χ1v) is 20.6. The highest BCUT2D eigenvalue weighted by Gasteiger charge is 2.18. The van der Waals surface area contributed by atoms with Gasteiger partial charge in [-0.15, -0.1) is 6.58 Å². The van der Waals surface area contributed by atoms with E-state index in [1.165, 1.54) is 12.0 Å². The molecule has 4 N–H and O–H groups in total. The summed E-state index contributed by atoms with van der Waals surface area (Å²) in [6, 6.07) is 49.4. The molecule has 0 aliphatic carbocycles. The van der Waals surface area contributed by atoms with Gasteiger partial charge in [0.05, 0.1) is 0 Å². The van der Waals surface area contributed by atoms with E-state index in [1.54, 1.807) is 18.2 Å². The van der Waals surface area contributed by atoms with Gasteiger partial charge in [0.25, 0.3) is 0 Å². The smallest absolute Gasteiger partial charge is 0.124 e. The number of nitrogens with one attached hydrogen (secondary N) is 2. The summed E-state index contributed by atoms with van der Waals surface area (Å²) in [5.74, 6) is 0.570. The normalized spacial score (nSPS) is 11.1. The summed E-state index contributed by atoms with van der Waals surface area (Å²) < 4.78 is 0. The zero-order valence-corrected chi connectivity index (χ0v) is 34.4. The highest BCUT2D eigenvalue weighted by atomic mass is 16.3. The van der Waals surface area contributed by atoms with Crippen molar-refractivity contribution in [2.75, 3.05) is 23.7 Å². The average molecular weight is 765 g/mol. The maximum Gasteiger partial charge on any atom is 0.124 e. The number of allylic oxidation sites excluding steroid dienone is 2. The SMILES string of the molecule is C/C(=C\CCCCNc1ccc2ccccc2c1-c1c(O)ccc2ccccc12)CNc1ccc2ccccc2c1-c1c(O)ccc2ccccc12.C=CC.CCC. The molecule has 0 saturated carbocycles. The predicted molar refractivity (Wildman–Crippen MR) is 254 cm³/mol. The van der Waals surface area contributed by atoms with Gasteiger partial charge in [0, 0.05) is 46.7 Å². The van der Waals surface area contributed by atoms with Crippen LogP contribution in [-0.4, -0.2) is 23.3 Å². The molecule has 0 saturated heterocycles. The van der Waals surface area contributed by atoms with E-state index in [1.807, 2.05) is 43.3 Å². The largest absolute Gasteiger partial charge is 0.507 e. The van der Waals surface area contributed by atoms with Crippen LogP contribution in [0.25, 0.3) is 65.3 Å². The van der Waals surface area contributed by atoms with Gasteiger partial charge in [-0.3, -0.25) is 0 Å². The van der Waals surface area contributed by atoms with E-state index in [0.29, 0.717) is 6.54 Å². The van der Waals surface area contributed by atoms with Crippen molar-refractivity contribution in [3.05, 3.63) is 170 Å². The first-order chi connectivity index (χ1) is 28.4. The van der Waals surface area contributed by atoms with Gasteiger partial charge in [-0.1, -0.05) is 159 Å². The number of phenols is 2. The Morgan fingerprint density at radius 3 is 1.31 bits per heavy atom. The lowest BCUT2D eigenvalue weighted by atomic mass is 9.91. The van der Waals surface area contributed by atoms with E-state index in [2.05, 4.69) is 141 Å². The van der Waals surface area contributed by atoms with Gasteiger partial charge in [-0.05, 0) is 100 Å². The zero-order valence-electron chi connectivity index (χ0n) is 34.4. The predicted octanol–water partition coefficient (Wildman–Crippen LogP) is 15.3. The van der Waals surface area contributed by atoms with E-state index in [-0.39, 0.29) is 11.5 Å². The molecule has 4 nitrogen and oxygen atoms in total. The van der Waals surface area contributed by atoms with Crippen LogP contribution in [0.2, 0.25) is 0 Å². The Morgan fingerprint density at radius 2 is 0.879 bits per heavy atom. The maximum absolute atomic E-state index is 11.2. The molecule has 8 aromatic carbocycles. The molecule has 0 bridgehead atoms. The molecule has 294 valence electrons. The molecule has 0 atom stereocenters. The Bertz CT molecular complexity index is 2670. The van der Waals surface area contributed by atoms with E-state index >= 15 is 0 Å². The molecule has 4 heteroatoms. The second-order valence-corrected chi connectivity index (χ2v) is 14.7. The van der Waals surface area contributed by atoms with Crippen LogP contribution in [-0.2, 0) is 0 Å². The minimum absolute atomic E-state index is 0.281. The maximum atomic E-state index is 11.2. The number of benzene rings is 8. The van der Waals surface area contributed by atoms with Gasteiger partial charge in [0.1, 0.15) is 11.5 Å². The third kappa shape index (κ3) is 9.36. The molecule has 0 heterocycles. The van der Waals surface area contributed by atoms with Crippen LogP contribution < -0.4 is 10.6 Å². The van der Waals surface area contributed by atoms with Crippen molar-refractivity contribution in [2.45, 2.75) is 53.4 Å². The summed E-state index contributed by atoms with van der Waals surface area (Å²) in [4.78, 5) is 0. The Kier molecular flexibility index (Phi) is 14.2. The number of anilines is 2. The molecule has 0 aliphatic heterocycles. The third-order valence-corrected chi connectivity index (χ3v) is 10.2. The lowest BCUT2D eigenvalue weighted by molar-refractivity contribution is 0.477. The van der Waals surface area contributed by atoms with Gasteiger partial charge >= 0.3 is 0 Å². The first kappa shape index (κ1) is 41.1. The molecule has 8 rings (SSSR count). The standard InChI is InChI=1S/C48H42N2O2.C3H8.C3H6/c1-32(31-50-42-27-23-34-15-5-9-19-38(34)46(42)48-40-21-11-7-17-36(40)25-29-44(48)52)13-3-2-12-30-49-41-26-22-33-14-4-8-18-37(33)45(41)47-39-20-10-6-16-35(39)24-28-43(47)51;2*1-3-2/h4-11,13-29,49-52H,2-3,12,30-31H2,1H3;3H2,1-2H3;3H,1H2,2H3/b32-13+;;. The Morgan fingerprint density at radius 1 is 0.517 bits per heavy atom. The number of hydrogen-bond acceptors (Lipinski definition) is 4. The van der Waals surface area contributed by atoms with Crippen LogP contribution in [0.1, 0.15) is 53.4 Å². The summed E-state index contributed by atoms with van der Waals surface area (Å²) in [6.45, 7) is 13.2. The van der Waals surface area contributed by atoms with Crippen molar-refractivity contribution in [3.63, 3.8) is 0 Å². The minimum atomic E-state index is 0.281. The monoisotopic (exact) mass is 764 g/mol. The molecule has 0 aromatic heterocycles. The van der Waals surface area contributed by atoms with Gasteiger partial charge < -0.3 is 20.8 Å². The minimum Gasteiger partial charge on any atom is -0.507 e. The molecule has 0 aliphatic rings. The molecule has 0 spiro atoms. The lowest BCUT2D eigenvalue weighted by Crippen LogP contribution is -2.05. The van der Waals surface area contributed by atoms with E-state index in [4.69, 9.17) is 0 Å². The number of rotatable bonds is 11.